The quantitative estimate of drug-likeness (QED) is 0.412. The molecule has 0 N–H and O–H groups in total. The van der Waals surface area contributed by atoms with Crippen LogP contribution in [0.5, 0.6) is 0 Å². The number of rotatable bonds is 6. The highest BCUT2D eigenvalue weighted by Crippen LogP contribution is 2.16. The fourth-order valence-electron chi connectivity index (χ4n) is 1.46. The number of ether oxygens (including phenoxy) is 2. The van der Waals surface area contributed by atoms with Crippen LogP contribution in [0, 0.1) is 5.92 Å². The highest BCUT2D eigenvalue weighted by Gasteiger charge is 2.20. The normalized spacial score (nSPS) is 18.9. The third-order valence-electron chi connectivity index (χ3n) is 2.51. The number of Topliss-reactive ketones (excluding diaryl/α,β-unsaturated/α-hetero) is 1. The zero-order chi connectivity index (χ0) is 13.4. The maximum Gasteiger partial charge on any atom is 0.330 e. The molecule has 0 heterocycles. The Kier molecular flexibility index (Phi) is 5.91. The summed E-state index contributed by atoms with van der Waals surface area (Å²) in [5.41, 5.74) is 0. The average Bonchev–Trinajstić information content (AvgIpc) is 2.38. The summed E-state index contributed by atoms with van der Waals surface area (Å²) in [6.45, 7) is 2.44. The summed E-state index contributed by atoms with van der Waals surface area (Å²) in [6, 6.07) is 0. The fourth-order valence-corrected chi connectivity index (χ4v) is 1.46. The molecule has 0 aliphatic heterocycles. The predicted octanol–water partition coefficient (Wildman–Crippen LogP) is 2.17. The van der Waals surface area contributed by atoms with E-state index in [1.165, 1.54) is 19.3 Å². The van der Waals surface area contributed by atoms with Crippen molar-refractivity contribution < 1.29 is 19.1 Å². The van der Waals surface area contributed by atoms with Gasteiger partial charge in [-0.25, -0.2) is 4.79 Å². The van der Waals surface area contributed by atoms with E-state index >= 15 is 0 Å². The van der Waals surface area contributed by atoms with Crippen molar-refractivity contribution in [2.24, 2.45) is 5.92 Å². The molecule has 0 saturated carbocycles. The van der Waals surface area contributed by atoms with Crippen molar-refractivity contribution in [2.45, 2.75) is 19.8 Å². The second kappa shape index (κ2) is 7.48. The van der Waals surface area contributed by atoms with E-state index in [9.17, 15) is 9.59 Å². The van der Waals surface area contributed by atoms with Gasteiger partial charge in [-0.1, -0.05) is 31.6 Å². The minimum atomic E-state index is -0.455. The SMILES string of the molecule is CCCCOC(=O)C=CC1C=CC=C(OC)C1=O. The van der Waals surface area contributed by atoms with Crippen LogP contribution < -0.4 is 0 Å². The molecule has 0 aromatic heterocycles. The Morgan fingerprint density at radius 1 is 1.50 bits per heavy atom. The molecule has 98 valence electrons. The summed E-state index contributed by atoms with van der Waals surface area (Å²) in [5, 5.41) is 0. The molecule has 0 bridgehead atoms. The second-order valence-corrected chi connectivity index (χ2v) is 3.89. The van der Waals surface area contributed by atoms with Crippen LogP contribution in [-0.2, 0) is 19.1 Å². The summed E-state index contributed by atoms with van der Waals surface area (Å²) in [5.74, 6) is -0.731. The average molecular weight is 250 g/mol. The molecule has 1 rings (SSSR count). The Hall–Kier alpha value is -1.84. The molecule has 0 amide bonds. The monoisotopic (exact) mass is 250 g/mol. The zero-order valence-corrected chi connectivity index (χ0v) is 10.7. The van der Waals surface area contributed by atoms with Crippen molar-refractivity contribution in [3.63, 3.8) is 0 Å². The van der Waals surface area contributed by atoms with E-state index in [1.54, 1.807) is 18.2 Å². The second-order valence-electron chi connectivity index (χ2n) is 3.89. The van der Waals surface area contributed by atoms with Gasteiger partial charge in [0.15, 0.2) is 5.76 Å². The lowest BCUT2D eigenvalue weighted by Crippen LogP contribution is -2.16. The van der Waals surface area contributed by atoms with Gasteiger partial charge in [0.25, 0.3) is 0 Å². The van der Waals surface area contributed by atoms with Crippen LogP contribution >= 0.6 is 0 Å². The van der Waals surface area contributed by atoms with Gasteiger partial charge in [-0.2, -0.15) is 0 Å². The summed E-state index contributed by atoms with van der Waals surface area (Å²) >= 11 is 0. The van der Waals surface area contributed by atoms with Crippen LogP contribution in [0.3, 0.4) is 0 Å². The van der Waals surface area contributed by atoms with E-state index in [2.05, 4.69) is 0 Å². The van der Waals surface area contributed by atoms with Gasteiger partial charge in [-0.05, 0) is 12.5 Å². The number of hydrogen-bond donors (Lipinski definition) is 0. The third kappa shape index (κ3) is 4.20. The van der Waals surface area contributed by atoms with Crippen molar-refractivity contribution in [1.82, 2.24) is 0 Å². The van der Waals surface area contributed by atoms with Gasteiger partial charge in [0.05, 0.1) is 19.6 Å². The number of carbonyl (C=O) groups is 2. The molecule has 1 aliphatic rings. The summed E-state index contributed by atoms with van der Waals surface area (Å²) in [6.07, 6.45) is 9.69. The van der Waals surface area contributed by atoms with Crippen molar-refractivity contribution in [2.75, 3.05) is 13.7 Å². The zero-order valence-electron chi connectivity index (χ0n) is 10.7. The predicted molar refractivity (Wildman–Crippen MR) is 67.7 cm³/mol. The summed E-state index contributed by atoms with van der Waals surface area (Å²) in [7, 11) is 1.45. The maximum absolute atomic E-state index is 11.8. The van der Waals surface area contributed by atoms with Gasteiger partial charge in [0, 0.05) is 6.08 Å². The molecular formula is C14H18O4. The summed E-state index contributed by atoms with van der Waals surface area (Å²) < 4.78 is 9.89. The number of allylic oxidation sites excluding steroid dienone is 5. The van der Waals surface area contributed by atoms with Gasteiger partial charge >= 0.3 is 5.97 Å². The first kappa shape index (κ1) is 14.2. The minimum absolute atomic E-state index is 0.155. The van der Waals surface area contributed by atoms with Gasteiger partial charge < -0.3 is 9.47 Å². The lowest BCUT2D eigenvalue weighted by Gasteiger charge is -2.12. The number of ketones is 1. The van der Waals surface area contributed by atoms with Crippen molar-refractivity contribution in [1.29, 1.82) is 0 Å². The van der Waals surface area contributed by atoms with Crippen LogP contribution in [0.1, 0.15) is 19.8 Å². The first-order valence-corrected chi connectivity index (χ1v) is 6.00. The topological polar surface area (TPSA) is 52.6 Å². The van der Waals surface area contributed by atoms with Gasteiger partial charge in [-0.15, -0.1) is 0 Å². The largest absolute Gasteiger partial charge is 0.493 e. The van der Waals surface area contributed by atoms with Crippen LogP contribution in [0.4, 0.5) is 0 Å². The number of hydrogen-bond acceptors (Lipinski definition) is 4. The Morgan fingerprint density at radius 3 is 2.94 bits per heavy atom. The molecule has 0 aromatic rings. The molecule has 0 aromatic carbocycles. The van der Waals surface area contributed by atoms with E-state index < -0.39 is 11.9 Å². The van der Waals surface area contributed by atoms with Crippen LogP contribution in [0.25, 0.3) is 0 Å². The molecule has 0 fully saturated rings. The lowest BCUT2D eigenvalue weighted by molar-refractivity contribution is -0.137. The lowest BCUT2D eigenvalue weighted by atomic mass is 9.97. The first-order chi connectivity index (χ1) is 8.69. The Morgan fingerprint density at radius 2 is 2.28 bits per heavy atom. The van der Waals surface area contributed by atoms with Crippen molar-refractivity contribution >= 4 is 11.8 Å². The molecule has 4 nitrogen and oxygen atoms in total. The van der Waals surface area contributed by atoms with Gasteiger partial charge in [0.1, 0.15) is 0 Å². The maximum atomic E-state index is 11.8. The van der Waals surface area contributed by atoms with E-state index in [1.807, 2.05) is 6.92 Å². The first-order valence-electron chi connectivity index (χ1n) is 6.00. The Bertz CT molecular complexity index is 391. The molecular weight excluding hydrogens is 232 g/mol. The molecule has 4 heteroatoms. The standard InChI is InChI=1S/C14H18O4/c1-3-4-10-18-13(15)9-8-11-6-5-7-12(17-2)14(11)16/h5-9,11H,3-4,10H2,1-2H3. The highest BCUT2D eigenvalue weighted by molar-refractivity contribution is 5.99. The van der Waals surface area contributed by atoms with E-state index in [0.29, 0.717) is 12.4 Å². The van der Waals surface area contributed by atoms with E-state index in [0.717, 1.165) is 12.8 Å². The summed E-state index contributed by atoms with van der Waals surface area (Å²) in [4.78, 5) is 23.1. The van der Waals surface area contributed by atoms with Crippen LogP contribution in [0.15, 0.2) is 36.1 Å². The number of unbranched alkanes of at least 4 members (excludes halogenated alkanes) is 1. The van der Waals surface area contributed by atoms with E-state index in [4.69, 9.17) is 9.47 Å². The third-order valence-corrected chi connectivity index (χ3v) is 2.51. The molecule has 1 aliphatic carbocycles. The highest BCUT2D eigenvalue weighted by atomic mass is 16.5. The number of esters is 1. The van der Waals surface area contributed by atoms with Crippen molar-refractivity contribution in [3.8, 4) is 0 Å². The van der Waals surface area contributed by atoms with E-state index in [-0.39, 0.29) is 5.78 Å². The van der Waals surface area contributed by atoms with Crippen LogP contribution in [-0.4, -0.2) is 25.5 Å². The van der Waals surface area contributed by atoms with Crippen LogP contribution in [0.2, 0.25) is 0 Å². The molecule has 1 unspecified atom stereocenters. The van der Waals surface area contributed by atoms with Gasteiger partial charge in [-0.3, -0.25) is 4.79 Å². The fraction of sp³-hybridized carbons (Fsp3) is 0.429. The number of carbonyl (C=O) groups excluding carboxylic acids is 2. The smallest absolute Gasteiger partial charge is 0.330 e. The molecule has 1 atom stereocenters. The van der Waals surface area contributed by atoms with Gasteiger partial charge in [0.2, 0.25) is 5.78 Å². The Labute approximate surface area is 107 Å². The number of methoxy groups -OCH3 is 1. The molecule has 0 saturated heterocycles. The molecule has 18 heavy (non-hydrogen) atoms. The van der Waals surface area contributed by atoms with Crippen molar-refractivity contribution in [3.05, 3.63) is 36.1 Å². The Balaban J connectivity index is 2.48. The molecule has 0 spiro atoms. The minimum Gasteiger partial charge on any atom is -0.493 e. The molecule has 0 radical (unpaired) electrons.